The number of esters is 2. The molecular weight excluding hydrogens is 468 g/mol. The molecule has 0 aliphatic carbocycles. The lowest BCUT2D eigenvalue weighted by molar-refractivity contribution is -0.144. The van der Waals surface area contributed by atoms with Crippen LogP contribution in [0.25, 0.3) is 0 Å². The molecule has 0 aromatic rings. The molecule has 0 saturated carbocycles. The predicted molar refractivity (Wildman–Crippen MR) is 151 cm³/mol. The van der Waals surface area contributed by atoms with Gasteiger partial charge in [-0.05, 0) is 57.3 Å². The number of ether oxygens (including phenoxy) is 2. The van der Waals surface area contributed by atoms with Crippen molar-refractivity contribution in [2.45, 2.75) is 162 Å². The number of carbonyl (C=O) groups excluding carboxylic acids is 2. The van der Waals surface area contributed by atoms with E-state index in [4.69, 9.17) is 14.6 Å². The van der Waals surface area contributed by atoms with Crippen molar-refractivity contribution in [3.05, 3.63) is 0 Å². The van der Waals surface area contributed by atoms with Crippen LogP contribution in [0.2, 0.25) is 0 Å². The molecule has 37 heavy (non-hydrogen) atoms. The van der Waals surface area contributed by atoms with Crippen molar-refractivity contribution in [3.63, 3.8) is 0 Å². The molecule has 0 rings (SSSR count). The molecule has 0 atom stereocenters. The van der Waals surface area contributed by atoms with Crippen LogP contribution < -0.4 is 0 Å². The van der Waals surface area contributed by atoms with Gasteiger partial charge in [0.1, 0.15) is 0 Å². The van der Waals surface area contributed by atoms with E-state index >= 15 is 0 Å². The Bertz CT molecular complexity index is 510. The second-order valence-electron chi connectivity index (χ2n) is 10.6. The minimum absolute atomic E-state index is 0.135. The number of rotatable bonds is 28. The molecular formula is C31H58O6. The summed E-state index contributed by atoms with van der Waals surface area (Å²) in [5.41, 5.74) is 0. The molecule has 0 bridgehead atoms. The molecule has 0 amide bonds. The van der Waals surface area contributed by atoms with Crippen LogP contribution in [0.4, 0.5) is 0 Å². The Kier molecular flexibility index (Phi) is 26.3. The third-order valence-corrected chi connectivity index (χ3v) is 7.01. The predicted octanol–water partition coefficient (Wildman–Crippen LogP) is 8.79. The van der Waals surface area contributed by atoms with Crippen molar-refractivity contribution in [3.8, 4) is 0 Å². The molecule has 0 aromatic carbocycles. The average molecular weight is 527 g/mol. The van der Waals surface area contributed by atoms with Gasteiger partial charge >= 0.3 is 17.9 Å². The third-order valence-electron chi connectivity index (χ3n) is 7.01. The van der Waals surface area contributed by atoms with Crippen LogP contribution >= 0.6 is 0 Å². The summed E-state index contributed by atoms with van der Waals surface area (Å²) in [6.07, 6.45) is 22.4. The highest BCUT2D eigenvalue weighted by molar-refractivity contribution is 5.69. The van der Waals surface area contributed by atoms with Crippen LogP contribution in [-0.4, -0.2) is 36.2 Å². The third kappa shape index (κ3) is 27.3. The maximum Gasteiger partial charge on any atom is 0.305 e. The summed E-state index contributed by atoms with van der Waals surface area (Å²) < 4.78 is 10.8. The van der Waals surface area contributed by atoms with E-state index in [0.29, 0.717) is 38.4 Å². The van der Waals surface area contributed by atoms with E-state index in [0.717, 1.165) is 57.8 Å². The van der Waals surface area contributed by atoms with Crippen LogP contribution in [0.3, 0.4) is 0 Å². The molecule has 218 valence electrons. The van der Waals surface area contributed by atoms with Crippen LogP contribution in [0.5, 0.6) is 0 Å². The van der Waals surface area contributed by atoms with Gasteiger partial charge in [0.25, 0.3) is 0 Å². The van der Waals surface area contributed by atoms with Crippen molar-refractivity contribution in [1.82, 2.24) is 0 Å². The van der Waals surface area contributed by atoms with Crippen molar-refractivity contribution in [2.24, 2.45) is 5.92 Å². The van der Waals surface area contributed by atoms with E-state index in [9.17, 15) is 14.4 Å². The molecule has 0 spiro atoms. The van der Waals surface area contributed by atoms with Gasteiger partial charge in [0.15, 0.2) is 0 Å². The summed E-state index contributed by atoms with van der Waals surface area (Å²) in [4.78, 5) is 35.0. The summed E-state index contributed by atoms with van der Waals surface area (Å²) in [5.74, 6) is -0.721. The lowest BCUT2D eigenvalue weighted by atomic mass is 9.91. The molecule has 6 heteroatoms. The van der Waals surface area contributed by atoms with Crippen molar-refractivity contribution in [1.29, 1.82) is 0 Å². The van der Waals surface area contributed by atoms with E-state index in [1.54, 1.807) is 0 Å². The fourth-order valence-corrected chi connectivity index (χ4v) is 4.68. The highest BCUT2D eigenvalue weighted by Crippen LogP contribution is 2.23. The minimum atomic E-state index is -0.776. The molecule has 0 radical (unpaired) electrons. The number of unbranched alkanes of at least 4 members (excludes halogenated alkanes) is 12. The Hall–Kier alpha value is -1.59. The van der Waals surface area contributed by atoms with Gasteiger partial charge in [-0.3, -0.25) is 14.4 Å². The normalized spacial score (nSPS) is 11.1. The van der Waals surface area contributed by atoms with E-state index in [1.807, 2.05) is 0 Å². The number of carbonyl (C=O) groups is 3. The van der Waals surface area contributed by atoms with Crippen LogP contribution in [-0.2, 0) is 23.9 Å². The van der Waals surface area contributed by atoms with Gasteiger partial charge in [-0.1, -0.05) is 90.9 Å². The Labute approximate surface area is 227 Å². The Morgan fingerprint density at radius 2 is 0.865 bits per heavy atom. The molecule has 6 nitrogen and oxygen atoms in total. The van der Waals surface area contributed by atoms with E-state index < -0.39 is 5.97 Å². The number of hydrogen-bond donors (Lipinski definition) is 1. The van der Waals surface area contributed by atoms with Gasteiger partial charge in [-0.25, -0.2) is 0 Å². The van der Waals surface area contributed by atoms with Crippen molar-refractivity contribution < 1.29 is 29.0 Å². The monoisotopic (exact) mass is 526 g/mol. The zero-order valence-corrected chi connectivity index (χ0v) is 24.2. The number of carboxylic acids is 1. The van der Waals surface area contributed by atoms with Crippen LogP contribution in [0.15, 0.2) is 0 Å². The second kappa shape index (κ2) is 27.4. The largest absolute Gasteiger partial charge is 0.481 e. The first kappa shape index (κ1) is 35.4. The first-order valence-electron chi connectivity index (χ1n) is 15.5. The van der Waals surface area contributed by atoms with Crippen LogP contribution in [0, 0.1) is 5.92 Å². The minimum Gasteiger partial charge on any atom is -0.481 e. The second-order valence-corrected chi connectivity index (χ2v) is 10.6. The molecule has 0 heterocycles. The van der Waals surface area contributed by atoms with E-state index in [2.05, 4.69) is 13.8 Å². The van der Waals surface area contributed by atoms with E-state index in [-0.39, 0.29) is 18.4 Å². The molecule has 1 N–H and O–H groups in total. The number of carboxylic acid groups (broad SMARTS) is 1. The maximum atomic E-state index is 12.1. The standard InChI is InChI=1S/C31H58O6/c1-3-5-7-9-11-13-15-26-36-30(34)24-18-21-28(20-17-23-29(32)33)22-19-25-31(35)37-27-16-14-12-10-8-6-4-2/h28H,3-27H2,1-2H3,(H,32,33). The smallest absolute Gasteiger partial charge is 0.305 e. The molecule has 0 unspecified atom stereocenters. The highest BCUT2D eigenvalue weighted by atomic mass is 16.5. The summed E-state index contributed by atoms with van der Waals surface area (Å²) in [6.45, 7) is 5.45. The molecule has 0 aliphatic rings. The Morgan fingerprint density at radius 3 is 1.24 bits per heavy atom. The summed E-state index contributed by atoms with van der Waals surface area (Å²) >= 11 is 0. The lowest BCUT2D eigenvalue weighted by Crippen LogP contribution is -2.10. The van der Waals surface area contributed by atoms with E-state index in [1.165, 1.54) is 64.2 Å². The molecule has 0 aromatic heterocycles. The van der Waals surface area contributed by atoms with Gasteiger partial charge in [-0.2, -0.15) is 0 Å². The summed E-state index contributed by atoms with van der Waals surface area (Å²) in [6, 6.07) is 0. The molecule has 0 fully saturated rings. The zero-order chi connectivity index (χ0) is 27.4. The fraction of sp³-hybridized carbons (Fsp3) is 0.903. The number of hydrogen-bond acceptors (Lipinski definition) is 5. The average Bonchev–Trinajstić information content (AvgIpc) is 2.86. The van der Waals surface area contributed by atoms with Crippen molar-refractivity contribution in [2.75, 3.05) is 13.2 Å². The Morgan fingerprint density at radius 1 is 0.514 bits per heavy atom. The topological polar surface area (TPSA) is 89.9 Å². The molecule has 0 aliphatic heterocycles. The molecule has 0 saturated heterocycles. The lowest BCUT2D eigenvalue weighted by Gasteiger charge is -2.16. The SMILES string of the molecule is CCCCCCCCCOC(=O)CCCC(CCCC(=O)O)CCCC(=O)OCCCCCCCCC. The van der Waals surface area contributed by atoms with Gasteiger partial charge in [0.05, 0.1) is 13.2 Å². The first-order valence-corrected chi connectivity index (χ1v) is 15.5. The maximum absolute atomic E-state index is 12.1. The zero-order valence-electron chi connectivity index (χ0n) is 24.2. The van der Waals surface area contributed by atoms with Crippen molar-refractivity contribution >= 4 is 17.9 Å². The van der Waals surface area contributed by atoms with Gasteiger partial charge in [0, 0.05) is 19.3 Å². The Balaban J connectivity index is 3.98. The number of aliphatic carboxylic acids is 1. The fourth-order valence-electron chi connectivity index (χ4n) is 4.68. The quantitative estimate of drug-likeness (QED) is 0.0809. The highest BCUT2D eigenvalue weighted by Gasteiger charge is 2.13. The first-order chi connectivity index (χ1) is 18.0. The summed E-state index contributed by atoms with van der Waals surface area (Å²) in [7, 11) is 0. The van der Waals surface area contributed by atoms with Gasteiger partial charge in [0.2, 0.25) is 0 Å². The van der Waals surface area contributed by atoms with Gasteiger partial charge < -0.3 is 14.6 Å². The van der Waals surface area contributed by atoms with Crippen LogP contribution in [0.1, 0.15) is 162 Å². The summed E-state index contributed by atoms with van der Waals surface area (Å²) in [5, 5.41) is 8.95. The van der Waals surface area contributed by atoms with Gasteiger partial charge in [-0.15, -0.1) is 0 Å².